The van der Waals surface area contributed by atoms with Crippen LogP contribution in [0.4, 0.5) is 8.78 Å². The third-order valence-corrected chi connectivity index (χ3v) is 14.0. The van der Waals surface area contributed by atoms with Crippen LogP contribution in [-0.2, 0) is 0 Å². The van der Waals surface area contributed by atoms with Gasteiger partial charge in [-0.1, -0.05) is 188 Å². The molecule has 14 rings (SSSR count). The molecular weight excluding hydrogens is 943 g/mol. The fraction of sp³-hybridized carbons (Fsp3) is 0. The van der Waals surface area contributed by atoms with E-state index in [9.17, 15) is 0 Å². The van der Waals surface area contributed by atoms with Gasteiger partial charge >= 0.3 is 0 Å². The minimum atomic E-state index is -0.685. The Morgan fingerprint density at radius 2 is 0.632 bits per heavy atom. The lowest BCUT2D eigenvalue weighted by Crippen LogP contribution is -2.04. The second kappa shape index (κ2) is 18.3. The van der Waals surface area contributed by atoms with E-state index in [2.05, 4.69) is 59.2 Å². The van der Waals surface area contributed by atoms with Crippen LogP contribution < -0.4 is 0 Å². The summed E-state index contributed by atoms with van der Waals surface area (Å²) in [6.07, 6.45) is 0. The first kappa shape index (κ1) is 44.4. The zero-order valence-electron chi connectivity index (χ0n) is 40.4. The summed E-state index contributed by atoms with van der Waals surface area (Å²) in [6, 6.07) is 78.2. The molecular formula is C66H40F2N8. The van der Waals surface area contributed by atoms with Gasteiger partial charge in [-0.15, -0.1) is 0 Å². The van der Waals surface area contributed by atoms with Crippen LogP contribution in [0.1, 0.15) is 0 Å². The van der Waals surface area contributed by atoms with Crippen LogP contribution in [0.3, 0.4) is 0 Å². The lowest BCUT2D eigenvalue weighted by molar-refractivity contribution is 0.596. The molecule has 0 N–H and O–H groups in total. The lowest BCUT2D eigenvalue weighted by atomic mass is 9.94. The summed E-state index contributed by atoms with van der Waals surface area (Å²) in [5.41, 5.74) is 10.1. The van der Waals surface area contributed by atoms with Crippen molar-refractivity contribution in [3.8, 4) is 90.8 Å². The summed E-state index contributed by atoms with van der Waals surface area (Å²) in [5, 5.41) is 3.87. The summed E-state index contributed by atoms with van der Waals surface area (Å²) in [4.78, 5) is 29.2. The van der Waals surface area contributed by atoms with Crippen molar-refractivity contribution >= 4 is 43.6 Å². The zero-order chi connectivity index (χ0) is 50.7. The molecule has 76 heavy (non-hydrogen) atoms. The summed E-state index contributed by atoms with van der Waals surface area (Å²) in [5.74, 6) is 1.08. The largest absolute Gasteiger partial charge is 0.309 e. The topological polar surface area (TPSA) is 87.2 Å². The van der Waals surface area contributed by atoms with Crippen molar-refractivity contribution in [2.75, 3.05) is 0 Å². The Morgan fingerprint density at radius 3 is 1.08 bits per heavy atom. The molecule has 358 valence electrons. The van der Waals surface area contributed by atoms with Gasteiger partial charge in [0.15, 0.2) is 34.9 Å². The molecule has 0 aliphatic carbocycles. The number of hydrogen-bond donors (Lipinski definition) is 0. The fourth-order valence-electron chi connectivity index (χ4n) is 10.5. The second-order valence-electron chi connectivity index (χ2n) is 18.5. The van der Waals surface area contributed by atoms with Crippen molar-refractivity contribution in [3.63, 3.8) is 0 Å². The average Bonchev–Trinajstić information content (AvgIpc) is 4.03. The van der Waals surface area contributed by atoms with E-state index in [0.717, 1.165) is 77.2 Å². The number of halogens is 2. The molecule has 10 aromatic carbocycles. The molecule has 0 unspecified atom stereocenters. The molecule has 0 amide bonds. The van der Waals surface area contributed by atoms with Crippen molar-refractivity contribution < 1.29 is 8.78 Å². The van der Waals surface area contributed by atoms with Gasteiger partial charge in [0.25, 0.3) is 0 Å². The predicted molar refractivity (Wildman–Crippen MR) is 300 cm³/mol. The first-order valence-electron chi connectivity index (χ1n) is 24.9. The molecule has 0 fully saturated rings. The smallest absolute Gasteiger partial charge is 0.167 e. The molecule has 0 saturated carbocycles. The van der Waals surface area contributed by atoms with Gasteiger partial charge in [-0.05, 0) is 54.1 Å². The normalized spacial score (nSPS) is 11.6. The minimum absolute atomic E-state index is 0.0187. The summed E-state index contributed by atoms with van der Waals surface area (Å²) in [7, 11) is 0. The van der Waals surface area contributed by atoms with E-state index >= 15 is 8.78 Å². The van der Waals surface area contributed by atoms with Gasteiger partial charge in [-0.25, -0.2) is 38.7 Å². The molecule has 4 aromatic heterocycles. The van der Waals surface area contributed by atoms with Crippen molar-refractivity contribution in [2.24, 2.45) is 0 Å². The SMILES string of the molecule is Fc1cc(-n2c3ccccc3c3c(-c4ccccc4)c4c5ccccc5n(-c5ccc(-c6nc(-c7ccccc7)nc(-c7ccccc7)n6)cc5)c4cc32)c(F)cc1-c1nc(-c2ccccc2)nc(-c2ccccc2)n1. The Labute approximate surface area is 434 Å². The standard InChI is InChI=1S/C66H40F2N8/c67-51-39-55(52(68)38-50(51)66-73-63(44-26-12-4-13-27-44)72-64(74-66)45-28-14-5-15-29-45)76-54-33-19-17-31-49(54)60-57(76)40-56-59(58(60)41-20-6-1-7-21-41)48-30-16-18-32-53(48)75(56)47-36-34-46(35-37-47)65-70-61(42-22-8-2-9-23-42)69-62(71-65)43-24-10-3-11-25-43/h1-40H. The van der Waals surface area contributed by atoms with Crippen molar-refractivity contribution in [3.05, 3.63) is 254 Å². The number of benzene rings is 10. The van der Waals surface area contributed by atoms with Gasteiger partial charge in [0.2, 0.25) is 0 Å². The quantitative estimate of drug-likeness (QED) is 0.143. The Bertz CT molecular complexity index is 4390. The van der Waals surface area contributed by atoms with Crippen LogP contribution >= 0.6 is 0 Å². The van der Waals surface area contributed by atoms with E-state index in [4.69, 9.17) is 29.9 Å². The highest BCUT2D eigenvalue weighted by Gasteiger charge is 2.27. The van der Waals surface area contributed by atoms with Crippen molar-refractivity contribution in [1.29, 1.82) is 0 Å². The Kier molecular flexibility index (Phi) is 10.7. The van der Waals surface area contributed by atoms with E-state index in [1.807, 2.05) is 180 Å². The van der Waals surface area contributed by atoms with Crippen LogP contribution in [0, 0.1) is 11.6 Å². The summed E-state index contributed by atoms with van der Waals surface area (Å²) >= 11 is 0. The monoisotopic (exact) mass is 982 g/mol. The highest BCUT2D eigenvalue weighted by molar-refractivity contribution is 6.28. The number of aromatic nitrogens is 8. The van der Waals surface area contributed by atoms with Gasteiger partial charge < -0.3 is 9.13 Å². The Balaban J connectivity index is 0.980. The lowest BCUT2D eigenvalue weighted by Gasteiger charge is -2.15. The number of nitrogens with zero attached hydrogens (tertiary/aromatic N) is 8. The van der Waals surface area contributed by atoms with E-state index in [-0.39, 0.29) is 17.1 Å². The first-order chi connectivity index (χ1) is 37.5. The van der Waals surface area contributed by atoms with Crippen molar-refractivity contribution in [1.82, 2.24) is 39.0 Å². The molecule has 8 nitrogen and oxygen atoms in total. The fourth-order valence-corrected chi connectivity index (χ4v) is 10.5. The van der Waals surface area contributed by atoms with Crippen LogP contribution in [0.5, 0.6) is 0 Å². The maximum atomic E-state index is 17.6. The van der Waals surface area contributed by atoms with Gasteiger partial charge in [0.05, 0.1) is 33.3 Å². The summed E-state index contributed by atoms with van der Waals surface area (Å²) < 4.78 is 38.9. The number of rotatable bonds is 9. The summed E-state index contributed by atoms with van der Waals surface area (Å²) in [6.45, 7) is 0. The van der Waals surface area contributed by atoms with Gasteiger partial charge in [-0.3, -0.25) is 0 Å². The highest BCUT2D eigenvalue weighted by atomic mass is 19.1. The average molecular weight is 983 g/mol. The molecule has 0 bridgehead atoms. The van der Waals surface area contributed by atoms with Crippen molar-refractivity contribution in [2.45, 2.75) is 0 Å². The Hall–Kier alpha value is -10.3. The van der Waals surface area contributed by atoms with Gasteiger partial charge in [-0.2, -0.15) is 0 Å². The Morgan fingerprint density at radius 1 is 0.276 bits per heavy atom. The molecule has 14 aromatic rings. The second-order valence-corrected chi connectivity index (χ2v) is 18.5. The van der Waals surface area contributed by atoms with E-state index in [0.29, 0.717) is 40.2 Å². The molecule has 0 saturated heterocycles. The molecule has 4 heterocycles. The number of fused-ring (bicyclic) bond motifs is 6. The molecule has 10 heteroatoms. The van der Waals surface area contributed by atoms with E-state index in [1.165, 1.54) is 12.1 Å². The highest BCUT2D eigenvalue weighted by Crippen LogP contribution is 2.47. The third kappa shape index (κ3) is 7.58. The maximum absolute atomic E-state index is 17.6. The van der Waals surface area contributed by atoms with E-state index < -0.39 is 11.6 Å². The number of hydrogen-bond acceptors (Lipinski definition) is 6. The van der Waals surface area contributed by atoms with Crippen LogP contribution in [0.25, 0.3) is 134 Å². The number of para-hydroxylation sites is 2. The predicted octanol–water partition coefficient (Wildman–Crippen LogP) is 16.2. The third-order valence-electron chi connectivity index (χ3n) is 14.0. The van der Waals surface area contributed by atoms with Crippen LogP contribution in [0.2, 0.25) is 0 Å². The molecule has 0 radical (unpaired) electrons. The molecule has 0 aliphatic heterocycles. The van der Waals surface area contributed by atoms with Gasteiger partial charge in [0, 0.05) is 66.7 Å². The minimum Gasteiger partial charge on any atom is -0.309 e. The zero-order valence-corrected chi connectivity index (χ0v) is 40.4. The first-order valence-corrected chi connectivity index (χ1v) is 24.9. The van der Waals surface area contributed by atoms with Crippen LogP contribution in [0.15, 0.2) is 243 Å². The van der Waals surface area contributed by atoms with E-state index in [1.54, 1.807) is 0 Å². The molecule has 0 atom stereocenters. The van der Waals surface area contributed by atoms with Gasteiger partial charge in [0.1, 0.15) is 11.6 Å². The molecule has 0 aliphatic rings. The maximum Gasteiger partial charge on any atom is 0.167 e. The van der Waals surface area contributed by atoms with Crippen LogP contribution in [-0.4, -0.2) is 39.0 Å². The molecule has 0 spiro atoms.